The topological polar surface area (TPSA) is 97.7 Å². The van der Waals surface area contributed by atoms with Crippen LogP contribution >= 0.6 is 0 Å². The molecule has 0 bridgehead atoms. The predicted octanol–water partition coefficient (Wildman–Crippen LogP) is 2.99. The third-order valence-corrected chi connectivity index (χ3v) is 5.49. The van der Waals surface area contributed by atoms with E-state index < -0.39 is 32.0 Å². The number of benzene rings is 1. The number of hydrogen-bond acceptors (Lipinski definition) is 5. The number of halogens is 3. The van der Waals surface area contributed by atoms with Crippen LogP contribution in [-0.2, 0) is 26.4 Å². The molecular weight excluding hydrogens is 420 g/mol. The van der Waals surface area contributed by atoms with Crippen LogP contribution in [0.1, 0.15) is 44.1 Å². The molecule has 0 radical (unpaired) electrons. The summed E-state index contributed by atoms with van der Waals surface area (Å²) in [6.07, 6.45) is -1.25. The predicted molar refractivity (Wildman–Crippen MR) is 97.1 cm³/mol. The summed E-state index contributed by atoms with van der Waals surface area (Å²) >= 11 is 0. The summed E-state index contributed by atoms with van der Waals surface area (Å²) < 4.78 is 95.2. The molecule has 0 aliphatic rings. The zero-order valence-corrected chi connectivity index (χ0v) is 15.5. The minimum atomic E-state index is -4.50. The van der Waals surface area contributed by atoms with E-state index in [0.29, 0.717) is 38.5 Å². The van der Waals surface area contributed by atoms with Gasteiger partial charge in [0.25, 0.3) is 10.1 Å². The summed E-state index contributed by atoms with van der Waals surface area (Å²) in [6.45, 7) is 0. The molecule has 12 heteroatoms. The second kappa shape index (κ2) is 11.6. The van der Waals surface area contributed by atoms with Crippen molar-refractivity contribution in [2.45, 2.75) is 44.7 Å². The van der Waals surface area contributed by atoms with Crippen molar-refractivity contribution in [1.82, 2.24) is 0 Å². The van der Waals surface area contributed by atoms with Gasteiger partial charge in [0.1, 0.15) is 5.75 Å². The van der Waals surface area contributed by atoms with Crippen LogP contribution in [0, 0.1) is 0 Å². The second-order valence-corrected chi connectivity index (χ2v) is 9.04. The van der Waals surface area contributed by atoms with E-state index in [9.17, 15) is 30.0 Å². The molecule has 0 amide bonds. The fourth-order valence-electron chi connectivity index (χ4n) is 2.16. The number of alkyl halides is 3. The van der Waals surface area contributed by atoms with Crippen LogP contribution in [0.5, 0.6) is 5.75 Å². The Kier molecular flexibility index (Phi) is 11.5. The Morgan fingerprint density at radius 3 is 1.70 bits per heavy atom. The fourth-order valence-corrected chi connectivity index (χ4v) is 3.77. The first-order chi connectivity index (χ1) is 11.9. The third-order valence-electron chi connectivity index (χ3n) is 3.45. The zero-order chi connectivity index (χ0) is 19.8. The van der Waals surface area contributed by atoms with Crippen molar-refractivity contribution in [3.63, 3.8) is 0 Å². The van der Waals surface area contributed by atoms with E-state index in [2.05, 4.69) is 0 Å². The van der Waals surface area contributed by atoms with Crippen LogP contribution in [0.4, 0.5) is 13.2 Å². The third kappa shape index (κ3) is 12.7. The molecule has 1 rings (SSSR count). The fraction of sp³-hybridized carbons (Fsp3) is 0.600. The van der Waals surface area contributed by atoms with Gasteiger partial charge in [-0.1, -0.05) is 25.7 Å². The maximum atomic E-state index is 12.4. The van der Waals surface area contributed by atoms with Crippen molar-refractivity contribution < 1.29 is 38.7 Å². The molecule has 1 aromatic rings. The molecule has 0 aliphatic heterocycles. The first-order valence-corrected chi connectivity index (χ1v) is 11.1. The van der Waals surface area contributed by atoms with Crippen LogP contribution < -0.4 is 4.18 Å². The van der Waals surface area contributed by atoms with Gasteiger partial charge in [0.15, 0.2) is 0 Å². The van der Waals surface area contributed by atoms with E-state index in [1.807, 2.05) is 0 Å². The molecule has 0 aromatic heterocycles. The normalized spacial score (nSPS) is 12.4. The van der Waals surface area contributed by atoms with E-state index in [0.717, 1.165) is 24.3 Å². The Morgan fingerprint density at radius 2 is 1.26 bits per heavy atom. The van der Waals surface area contributed by atoms with Crippen molar-refractivity contribution in [2.24, 2.45) is 0 Å². The van der Waals surface area contributed by atoms with Gasteiger partial charge >= 0.3 is 45.9 Å². The number of unbranched alkanes of at least 4 members (excludes halogenated alkanes) is 5. The molecule has 0 aliphatic carbocycles. The summed E-state index contributed by atoms with van der Waals surface area (Å²) in [5.41, 5.74) is -0.892. The molecule has 27 heavy (non-hydrogen) atoms. The van der Waals surface area contributed by atoms with Crippen LogP contribution in [0.15, 0.2) is 24.3 Å². The van der Waals surface area contributed by atoms with Gasteiger partial charge in [0, 0.05) is 0 Å². The SMILES string of the molecule is O=S(=O)(O)CCCCCCCCS(=O)(=O)Oc1ccc(C(F)(F)F)cc1.[NaH]. The Bertz CT molecular complexity index is 762. The summed E-state index contributed by atoms with van der Waals surface area (Å²) in [5.74, 6) is -0.732. The van der Waals surface area contributed by atoms with Gasteiger partial charge < -0.3 is 4.18 Å². The molecular formula is C15H22F3NaO6S2. The van der Waals surface area contributed by atoms with Gasteiger partial charge in [-0.3, -0.25) is 4.55 Å². The van der Waals surface area contributed by atoms with E-state index >= 15 is 0 Å². The molecule has 0 heterocycles. The van der Waals surface area contributed by atoms with Gasteiger partial charge in [-0.15, -0.1) is 0 Å². The standard InChI is InChI=1S/C15H21F3O6S2.Na.H/c16-15(17,18)13-7-9-14(10-8-13)24-26(22,23)12-6-4-2-1-3-5-11-25(19,20)21;;/h7-10H,1-6,11-12H2,(H,19,20,21);;. The zero-order valence-electron chi connectivity index (χ0n) is 13.9. The second-order valence-electron chi connectivity index (χ2n) is 5.77. The van der Waals surface area contributed by atoms with Crippen molar-refractivity contribution in [3.8, 4) is 5.75 Å². The quantitative estimate of drug-likeness (QED) is 0.245. The van der Waals surface area contributed by atoms with Gasteiger partial charge in [-0.05, 0) is 37.1 Å². The molecule has 152 valence electrons. The molecule has 0 fully saturated rings. The Labute approximate surface area is 179 Å². The van der Waals surface area contributed by atoms with Crippen LogP contribution in [0.25, 0.3) is 0 Å². The number of rotatable bonds is 11. The van der Waals surface area contributed by atoms with E-state index in [1.165, 1.54) is 0 Å². The van der Waals surface area contributed by atoms with Gasteiger partial charge in [0.2, 0.25) is 0 Å². The summed E-state index contributed by atoms with van der Waals surface area (Å²) in [6, 6.07) is 3.40. The number of hydrogen-bond donors (Lipinski definition) is 1. The van der Waals surface area contributed by atoms with Crippen molar-refractivity contribution in [3.05, 3.63) is 29.8 Å². The van der Waals surface area contributed by atoms with Crippen molar-refractivity contribution in [1.29, 1.82) is 0 Å². The summed E-state index contributed by atoms with van der Waals surface area (Å²) in [7, 11) is -7.83. The van der Waals surface area contributed by atoms with E-state index in [1.54, 1.807) is 0 Å². The van der Waals surface area contributed by atoms with E-state index in [-0.39, 0.29) is 46.8 Å². The first-order valence-electron chi connectivity index (χ1n) is 7.94. The monoisotopic (exact) mass is 442 g/mol. The average molecular weight is 442 g/mol. The first kappa shape index (κ1) is 26.7. The van der Waals surface area contributed by atoms with Crippen molar-refractivity contribution >= 4 is 49.8 Å². The van der Waals surface area contributed by atoms with Gasteiger partial charge in [-0.25, -0.2) is 0 Å². The van der Waals surface area contributed by atoms with Gasteiger partial charge in [-0.2, -0.15) is 30.0 Å². The molecule has 0 saturated carbocycles. The molecule has 0 atom stereocenters. The minimum absolute atomic E-state index is 0. The Morgan fingerprint density at radius 1 is 0.815 bits per heavy atom. The maximum absolute atomic E-state index is 12.4. The van der Waals surface area contributed by atoms with Crippen LogP contribution in [0.3, 0.4) is 0 Å². The molecule has 0 unspecified atom stereocenters. The van der Waals surface area contributed by atoms with Gasteiger partial charge in [0.05, 0.1) is 17.1 Å². The van der Waals surface area contributed by atoms with E-state index in [4.69, 9.17) is 8.74 Å². The molecule has 0 spiro atoms. The van der Waals surface area contributed by atoms with Crippen LogP contribution in [0.2, 0.25) is 0 Å². The van der Waals surface area contributed by atoms with Crippen LogP contribution in [-0.4, -0.2) is 62.5 Å². The molecule has 6 nitrogen and oxygen atoms in total. The Balaban J connectivity index is 0.00000676. The molecule has 1 N–H and O–H groups in total. The summed E-state index contributed by atoms with van der Waals surface area (Å²) in [4.78, 5) is 0. The Hall–Kier alpha value is -0.330. The van der Waals surface area contributed by atoms with Crippen molar-refractivity contribution in [2.75, 3.05) is 11.5 Å². The average Bonchev–Trinajstić information content (AvgIpc) is 2.48. The summed E-state index contributed by atoms with van der Waals surface area (Å²) in [5, 5.41) is 0. The molecule has 0 saturated heterocycles. The molecule has 1 aromatic carbocycles.